The lowest BCUT2D eigenvalue weighted by Gasteiger charge is -2.20. The van der Waals surface area contributed by atoms with Gasteiger partial charge in [0.1, 0.15) is 10.9 Å². The molecule has 0 saturated heterocycles. The van der Waals surface area contributed by atoms with E-state index in [2.05, 4.69) is 15.4 Å². The van der Waals surface area contributed by atoms with Crippen molar-refractivity contribution in [2.75, 3.05) is 5.32 Å². The van der Waals surface area contributed by atoms with Gasteiger partial charge in [0.05, 0.1) is 17.6 Å². The summed E-state index contributed by atoms with van der Waals surface area (Å²) in [5, 5.41) is 6.21. The van der Waals surface area contributed by atoms with Crippen LogP contribution in [0.3, 0.4) is 0 Å². The van der Waals surface area contributed by atoms with Crippen molar-refractivity contribution in [1.82, 2.24) is 14.8 Å². The van der Waals surface area contributed by atoms with Crippen LogP contribution in [0.25, 0.3) is 0 Å². The predicted octanol–water partition coefficient (Wildman–Crippen LogP) is 3.17. The molecule has 2 heterocycles. The number of hydrogen-bond acceptors (Lipinski definition) is 6. The Kier molecular flexibility index (Phi) is 5.02. The van der Waals surface area contributed by atoms with Crippen LogP contribution in [0.2, 0.25) is 0 Å². The van der Waals surface area contributed by atoms with Gasteiger partial charge >= 0.3 is 0 Å². The van der Waals surface area contributed by atoms with Crippen molar-refractivity contribution in [3.05, 3.63) is 23.7 Å². The predicted molar refractivity (Wildman–Crippen MR) is 98.7 cm³/mol. The summed E-state index contributed by atoms with van der Waals surface area (Å²) in [4.78, 5) is 16.8. The maximum atomic E-state index is 13.2. The molecule has 0 aromatic carbocycles. The second-order valence-corrected chi connectivity index (χ2v) is 10.5. The summed E-state index contributed by atoms with van der Waals surface area (Å²) in [5.74, 6) is 0.0381. The second-order valence-electron chi connectivity index (χ2n) is 7.26. The number of anilines is 1. The molecule has 2 aliphatic rings. The first-order valence-electron chi connectivity index (χ1n) is 9.14. The first-order chi connectivity index (χ1) is 12.9. The molecule has 10 heteroatoms. The lowest BCUT2D eigenvalue weighted by molar-refractivity contribution is -0.120. The Morgan fingerprint density at radius 2 is 2.04 bits per heavy atom. The van der Waals surface area contributed by atoms with Crippen molar-refractivity contribution in [1.29, 1.82) is 0 Å². The van der Waals surface area contributed by atoms with E-state index in [9.17, 15) is 17.6 Å². The number of sulfone groups is 1. The third-order valence-electron chi connectivity index (χ3n) is 5.23. The fourth-order valence-electron chi connectivity index (χ4n) is 3.61. The highest BCUT2D eigenvalue weighted by Crippen LogP contribution is 2.35. The standard InChI is InChI=1S/C17H21FN4O3S2/c18-15-9-19-17(26-15)21-16(23)14(7-11-3-1-2-4-11)22-10-13(8-20-22)27(24,25)12-5-6-12/h8-12,14H,1-7H2,(H,19,21,23)/t14-/m1/s1. The van der Waals surface area contributed by atoms with Gasteiger partial charge in [0.2, 0.25) is 0 Å². The van der Waals surface area contributed by atoms with Crippen molar-refractivity contribution in [2.45, 2.75) is 61.1 Å². The highest BCUT2D eigenvalue weighted by molar-refractivity contribution is 7.92. The Morgan fingerprint density at radius 3 is 2.67 bits per heavy atom. The van der Waals surface area contributed by atoms with Gasteiger partial charge in [-0.1, -0.05) is 37.0 Å². The summed E-state index contributed by atoms with van der Waals surface area (Å²) < 4.78 is 39.5. The number of amides is 1. The minimum absolute atomic E-state index is 0.162. The normalized spacial score (nSPS) is 19.3. The van der Waals surface area contributed by atoms with Gasteiger partial charge in [-0.3, -0.25) is 9.48 Å². The molecule has 1 N–H and O–H groups in total. The Bertz CT molecular complexity index is 930. The molecular formula is C17H21FN4O3S2. The van der Waals surface area contributed by atoms with Gasteiger partial charge in [0.25, 0.3) is 5.91 Å². The minimum atomic E-state index is -3.36. The number of nitrogens with one attached hydrogen (secondary N) is 1. The molecule has 1 amide bonds. The van der Waals surface area contributed by atoms with E-state index in [1.165, 1.54) is 17.1 Å². The first-order valence-corrected chi connectivity index (χ1v) is 11.5. The van der Waals surface area contributed by atoms with Gasteiger partial charge in [-0.15, -0.1) is 0 Å². The van der Waals surface area contributed by atoms with Crippen LogP contribution in [-0.2, 0) is 14.6 Å². The molecular weight excluding hydrogens is 391 g/mol. The topological polar surface area (TPSA) is 94.0 Å². The van der Waals surface area contributed by atoms with Crippen molar-refractivity contribution in [3.8, 4) is 0 Å². The Balaban J connectivity index is 1.57. The van der Waals surface area contributed by atoms with Crippen molar-refractivity contribution < 1.29 is 17.6 Å². The van der Waals surface area contributed by atoms with Gasteiger partial charge in [0, 0.05) is 6.20 Å². The van der Waals surface area contributed by atoms with Crippen LogP contribution in [0, 0.1) is 11.0 Å². The van der Waals surface area contributed by atoms with E-state index in [0.717, 1.165) is 43.2 Å². The highest BCUT2D eigenvalue weighted by atomic mass is 32.2. The van der Waals surface area contributed by atoms with Gasteiger partial charge in [-0.25, -0.2) is 13.4 Å². The second kappa shape index (κ2) is 7.31. The smallest absolute Gasteiger partial charge is 0.251 e. The van der Waals surface area contributed by atoms with E-state index in [4.69, 9.17) is 0 Å². The molecule has 1 atom stereocenters. The van der Waals surface area contributed by atoms with Crippen molar-refractivity contribution >= 4 is 32.2 Å². The quantitative estimate of drug-likeness (QED) is 0.754. The number of hydrogen-bond donors (Lipinski definition) is 1. The summed E-state index contributed by atoms with van der Waals surface area (Å²) in [6.45, 7) is 0. The number of carbonyl (C=O) groups is 1. The summed E-state index contributed by atoms with van der Waals surface area (Å²) in [6.07, 6.45) is 10.1. The zero-order valence-corrected chi connectivity index (χ0v) is 16.3. The zero-order valence-electron chi connectivity index (χ0n) is 14.7. The number of rotatable bonds is 7. The summed E-state index contributed by atoms with van der Waals surface area (Å²) in [7, 11) is -3.36. The molecule has 2 aromatic rings. The first kappa shape index (κ1) is 18.5. The molecule has 0 unspecified atom stereocenters. The molecule has 146 valence electrons. The van der Waals surface area contributed by atoms with Crippen molar-refractivity contribution in [2.24, 2.45) is 5.92 Å². The molecule has 7 nitrogen and oxygen atoms in total. The summed E-state index contributed by atoms with van der Waals surface area (Å²) in [6, 6.07) is -0.650. The number of halogens is 1. The molecule has 0 spiro atoms. The summed E-state index contributed by atoms with van der Waals surface area (Å²) >= 11 is 0.758. The van der Waals surface area contributed by atoms with Gasteiger partial charge in [-0.05, 0) is 25.2 Å². The van der Waals surface area contributed by atoms with E-state index in [1.54, 1.807) is 0 Å². The molecule has 2 aliphatic carbocycles. The monoisotopic (exact) mass is 412 g/mol. The van der Waals surface area contributed by atoms with Crippen LogP contribution in [0.1, 0.15) is 51.0 Å². The maximum Gasteiger partial charge on any atom is 0.251 e. The number of aromatic nitrogens is 3. The zero-order chi connectivity index (χ0) is 19.0. The van der Waals surface area contributed by atoms with E-state index >= 15 is 0 Å². The van der Waals surface area contributed by atoms with Crippen LogP contribution < -0.4 is 5.32 Å². The molecule has 4 rings (SSSR count). The molecule has 2 fully saturated rings. The fraction of sp³-hybridized carbons (Fsp3) is 0.588. The largest absolute Gasteiger partial charge is 0.300 e. The lowest BCUT2D eigenvalue weighted by Crippen LogP contribution is -2.28. The Labute approximate surface area is 160 Å². The molecule has 2 saturated carbocycles. The highest BCUT2D eigenvalue weighted by Gasteiger charge is 2.38. The van der Waals surface area contributed by atoms with Crippen LogP contribution in [0.4, 0.5) is 9.52 Å². The fourth-order valence-corrected chi connectivity index (χ4v) is 5.74. The molecule has 0 aliphatic heterocycles. The molecule has 0 bridgehead atoms. The van der Waals surface area contributed by atoms with Gasteiger partial charge in [0.15, 0.2) is 20.1 Å². The number of nitrogens with zero attached hydrogens (tertiary/aromatic N) is 3. The molecule has 2 aromatic heterocycles. The molecule has 27 heavy (non-hydrogen) atoms. The minimum Gasteiger partial charge on any atom is -0.300 e. The van der Waals surface area contributed by atoms with Gasteiger partial charge in [-0.2, -0.15) is 9.49 Å². The van der Waals surface area contributed by atoms with Crippen LogP contribution in [0.15, 0.2) is 23.5 Å². The van der Waals surface area contributed by atoms with E-state index in [0.29, 0.717) is 25.2 Å². The average molecular weight is 413 g/mol. The van der Waals surface area contributed by atoms with Crippen LogP contribution in [-0.4, -0.2) is 34.3 Å². The average Bonchev–Trinajstić information content (AvgIpc) is 3.01. The molecule has 0 radical (unpaired) electrons. The van der Waals surface area contributed by atoms with Gasteiger partial charge < -0.3 is 5.32 Å². The van der Waals surface area contributed by atoms with Crippen molar-refractivity contribution in [3.63, 3.8) is 0 Å². The third kappa shape index (κ3) is 4.06. The summed E-state index contributed by atoms with van der Waals surface area (Å²) in [5.41, 5.74) is 0. The van der Waals surface area contributed by atoms with E-state index < -0.39 is 21.0 Å². The van der Waals surface area contributed by atoms with Crippen LogP contribution in [0.5, 0.6) is 0 Å². The van der Waals surface area contributed by atoms with E-state index in [-0.39, 0.29) is 21.2 Å². The number of thiazole rings is 1. The Morgan fingerprint density at radius 1 is 1.30 bits per heavy atom. The SMILES string of the molecule is O=C(Nc1ncc(F)s1)[C@@H](CC1CCCC1)n1cc(S(=O)(=O)C2CC2)cn1. The lowest BCUT2D eigenvalue weighted by atomic mass is 9.98. The Hall–Kier alpha value is -1.81. The maximum absolute atomic E-state index is 13.2. The number of carbonyl (C=O) groups excluding carboxylic acids is 1. The third-order valence-corrected chi connectivity index (χ3v) is 8.15. The van der Waals surface area contributed by atoms with Crippen LogP contribution >= 0.6 is 11.3 Å². The van der Waals surface area contributed by atoms with E-state index in [1.807, 2.05) is 0 Å².